The van der Waals surface area contributed by atoms with Gasteiger partial charge in [-0.15, -0.1) is 0 Å². The quantitative estimate of drug-likeness (QED) is 0.769. The predicted molar refractivity (Wildman–Crippen MR) is 61.0 cm³/mol. The molecule has 0 heterocycles. The predicted octanol–water partition coefficient (Wildman–Crippen LogP) is 0.671. The molecule has 2 rings (SSSR count). The van der Waals surface area contributed by atoms with Crippen molar-refractivity contribution in [2.24, 2.45) is 11.5 Å². The molecule has 1 amide bonds. The van der Waals surface area contributed by atoms with Gasteiger partial charge in [0, 0.05) is 0 Å². The van der Waals surface area contributed by atoms with Crippen molar-refractivity contribution in [3.63, 3.8) is 0 Å². The first kappa shape index (κ1) is 11.0. The van der Waals surface area contributed by atoms with Crippen LogP contribution in [0.15, 0.2) is 18.2 Å². The third kappa shape index (κ3) is 1.55. The second-order valence-corrected chi connectivity index (χ2v) is 4.21. The van der Waals surface area contributed by atoms with Gasteiger partial charge in [-0.1, -0.05) is 6.07 Å². The van der Waals surface area contributed by atoms with Gasteiger partial charge in [0.1, 0.15) is 11.3 Å². The fourth-order valence-electron chi connectivity index (χ4n) is 2.26. The van der Waals surface area contributed by atoms with Gasteiger partial charge in [0.05, 0.1) is 7.11 Å². The van der Waals surface area contributed by atoms with Gasteiger partial charge in [-0.05, 0) is 42.5 Å². The molecular weight excluding hydrogens is 204 g/mol. The van der Waals surface area contributed by atoms with Crippen molar-refractivity contribution in [3.05, 3.63) is 29.3 Å². The number of primary amides is 1. The maximum Gasteiger partial charge on any atom is 0.242 e. The average Bonchev–Trinajstić information content (AvgIpc) is 2.29. The minimum atomic E-state index is -1.04. The highest BCUT2D eigenvalue weighted by Gasteiger charge is 2.38. The number of hydrogen-bond donors (Lipinski definition) is 2. The summed E-state index contributed by atoms with van der Waals surface area (Å²) in [5, 5.41) is 0. The minimum absolute atomic E-state index is 0.471. The van der Waals surface area contributed by atoms with E-state index in [2.05, 4.69) is 0 Å². The van der Waals surface area contributed by atoms with Crippen molar-refractivity contribution in [1.82, 2.24) is 0 Å². The van der Waals surface area contributed by atoms with Crippen molar-refractivity contribution in [3.8, 4) is 5.75 Å². The summed E-state index contributed by atoms with van der Waals surface area (Å²) in [6.07, 6.45) is 2.42. The smallest absolute Gasteiger partial charge is 0.242 e. The Bertz CT molecular complexity index is 431. The van der Waals surface area contributed by atoms with Crippen LogP contribution in [-0.2, 0) is 16.8 Å². The summed E-state index contributed by atoms with van der Waals surface area (Å²) in [4.78, 5) is 11.5. The number of methoxy groups -OCH3 is 1. The summed E-state index contributed by atoms with van der Waals surface area (Å²) in [5.41, 5.74) is 12.4. The first-order valence-corrected chi connectivity index (χ1v) is 5.34. The van der Waals surface area contributed by atoms with Crippen molar-refractivity contribution in [2.45, 2.75) is 24.8 Å². The van der Waals surface area contributed by atoms with Gasteiger partial charge in [0.15, 0.2) is 0 Å². The first-order valence-electron chi connectivity index (χ1n) is 5.34. The summed E-state index contributed by atoms with van der Waals surface area (Å²) in [7, 11) is 1.59. The second-order valence-electron chi connectivity index (χ2n) is 4.21. The Kier molecular flexibility index (Phi) is 2.59. The lowest BCUT2D eigenvalue weighted by atomic mass is 9.76. The highest BCUT2D eigenvalue weighted by Crippen LogP contribution is 2.35. The van der Waals surface area contributed by atoms with Crippen LogP contribution in [0.4, 0.5) is 0 Å². The minimum Gasteiger partial charge on any atom is -0.497 e. The van der Waals surface area contributed by atoms with Gasteiger partial charge in [-0.25, -0.2) is 0 Å². The van der Waals surface area contributed by atoms with E-state index >= 15 is 0 Å². The van der Waals surface area contributed by atoms with Crippen molar-refractivity contribution >= 4 is 5.91 Å². The number of rotatable bonds is 2. The van der Waals surface area contributed by atoms with Gasteiger partial charge in [-0.2, -0.15) is 0 Å². The fourth-order valence-corrected chi connectivity index (χ4v) is 2.26. The zero-order chi connectivity index (χ0) is 11.8. The maximum absolute atomic E-state index is 11.5. The van der Waals surface area contributed by atoms with E-state index in [1.165, 1.54) is 0 Å². The Morgan fingerprint density at radius 2 is 2.25 bits per heavy atom. The van der Waals surface area contributed by atoms with Crippen molar-refractivity contribution < 1.29 is 9.53 Å². The summed E-state index contributed by atoms with van der Waals surface area (Å²) in [6, 6.07) is 5.66. The van der Waals surface area contributed by atoms with Crippen LogP contribution in [0.25, 0.3) is 0 Å². The van der Waals surface area contributed by atoms with E-state index in [0.717, 1.165) is 24.0 Å². The number of nitrogens with two attached hydrogens (primary N) is 2. The van der Waals surface area contributed by atoms with Gasteiger partial charge < -0.3 is 16.2 Å². The Balaban J connectivity index is 2.55. The fraction of sp³-hybridized carbons (Fsp3) is 0.417. The molecule has 4 nitrogen and oxygen atoms in total. The van der Waals surface area contributed by atoms with Crippen LogP contribution in [0.3, 0.4) is 0 Å². The molecule has 1 unspecified atom stereocenters. The molecule has 0 saturated heterocycles. The third-order valence-corrected chi connectivity index (χ3v) is 3.25. The van der Waals surface area contributed by atoms with E-state index in [1.54, 1.807) is 7.11 Å². The van der Waals surface area contributed by atoms with E-state index in [1.807, 2.05) is 18.2 Å². The molecule has 0 aliphatic heterocycles. The number of carbonyl (C=O) groups is 1. The summed E-state index contributed by atoms with van der Waals surface area (Å²) < 4.78 is 5.15. The molecule has 4 heteroatoms. The number of carbonyl (C=O) groups excluding carboxylic acids is 1. The van der Waals surface area contributed by atoms with E-state index in [0.29, 0.717) is 12.2 Å². The Hall–Kier alpha value is -1.55. The Morgan fingerprint density at radius 1 is 1.50 bits per heavy atom. The lowest BCUT2D eigenvalue weighted by Crippen LogP contribution is -2.51. The molecule has 1 aliphatic carbocycles. The first-order chi connectivity index (χ1) is 7.58. The molecule has 0 spiro atoms. The Morgan fingerprint density at radius 3 is 2.88 bits per heavy atom. The van der Waals surface area contributed by atoms with Gasteiger partial charge in [-0.3, -0.25) is 4.79 Å². The van der Waals surface area contributed by atoms with E-state index < -0.39 is 11.4 Å². The number of fused-ring (bicyclic) bond motifs is 1. The number of aryl methyl sites for hydroxylation is 1. The van der Waals surface area contributed by atoms with Crippen LogP contribution in [0.5, 0.6) is 5.75 Å². The van der Waals surface area contributed by atoms with E-state index in [-0.39, 0.29) is 0 Å². The normalized spacial score (nSPS) is 23.6. The number of ether oxygens (including phenoxy) is 1. The summed E-state index contributed by atoms with van der Waals surface area (Å²) in [6.45, 7) is 0. The second kappa shape index (κ2) is 3.79. The van der Waals surface area contributed by atoms with E-state index in [4.69, 9.17) is 16.2 Å². The van der Waals surface area contributed by atoms with Crippen LogP contribution < -0.4 is 16.2 Å². The lowest BCUT2D eigenvalue weighted by molar-refractivity contribution is -0.123. The zero-order valence-electron chi connectivity index (χ0n) is 9.32. The SMILES string of the molecule is COc1ccc2c(c1)C(N)(C(N)=O)CCC2. The number of amides is 1. The van der Waals surface area contributed by atoms with Crippen molar-refractivity contribution in [1.29, 1.82) is 0 Å². The number of benzene rings is 1. The topological polar surface area (TPSA) is 78.3 Å². The maximum atomic E-state index is 11.5. The average molecular weight is 220 g/mol. The third-order valence-electron chi connectivity index (χ3n) is 3.25. The molecule has 4 N–H and O–H groups in total. The van der Waals surface area contributed by atoms with Crippen LogP contribution >= 0.6 is 0 Å². The molecule has 1 aromatic carbocycles. The molecule has 0 bridgehead atoms. The molecule has 0 radical (unpaired) electrons. The molecule has 1 aliphatic rings. The molecule has 86 valence electrons. The van der Waals surface area contributed by atoms with Gasteiger partial charge in [0.25, 0.3) is 0 Å². The molecule has 0 saturated carbocycles. The van der Waals surface area contributed by atoms with Crippen LogP contribution in [0.1, 0.15) is 24.0 Å². The Labute approximate surface area is 94.6 Å². The molecule has 0 fully saturated rings. The molecule has 1 aromatic rings. The van der Waals surface area contributed by atoms with Crippen LogP contribution in [0.2, 0.25) is 0 Å². The van der Waals surface area contributed by atoms with E-state index in [9.17, 15) is 4.79 Å². The highest BCUT2D eigenvalue weighted by molar-refractivity contribution is 5.86. The largest absolute Gasteiger partial charge is 0.497 e. The standard InChI is InChI=1S/C12H16N2O2/c1-16-9-5-4-8-3-2-6-12(14,11(13)15)10(8)7-9/h4-5,7H,2-3,6,14H2,1H3,(H2,13,15). The van der Waals surface area contributed by atoms with Crippen LogP contribution in [0, 0.1) is 0 Å². The molecule has 16 heavy (non-hydrogen) atoms. The monoisotopic (exact) mass is 220 g/mol. The highest BCUT2D eigenvalue weighted by atomic mass is 16.5. The van der Waals surface area contributed by atoms with Gasteiger partial charge in [0.2, 0.25) is 5.91 Å². The number of hydrogen-bond acceptors (Lipinski definition) is 3. The molecule has 1 atom stereocenters. The van der Waals surface area contributed by atoms with Crippen LogP contribution in [-0.4, -0.2) is 13.0 Å². The molecule has 0 aromatic heterocycles. The lowest BCUT2D eigenvalue weighted by Gasteiger charge is -2.33. The molecular formula is C12H16N2O2. The zero-order valence-corrected chi connectivity index (χ0v) is 9.32. The van der Waals surface area contributed by atoms with Gasteiger partial charge >= 0.3 is 0 Å². The summed E-state index contributed by atoms with van der Waals surface area (Å²) >= 11 is 0. The van der Waals surface area contributed by atoms with Crippen molar-refractivity contribution in [2.75, 3.05) is 7.11 Å². The summed E-state index contributed by atoms with van der Waals surface area (Å²) in [5.74, 6) is 0.235.